The Balaban J connectivity index is 2.35. The zero-order chi connectivity index (χ0) is 9.14. The maximum atomic E-state index is 11.0. The third-order valence-electron chi connectivity index (χ3n) is 1.99. The van der Waals surface area contributed by atoms with Crippen LogP contribution in [0.3, 0.4) is 0 Å². The molecule has 0 saturated carbocycles. The molecule has 12 heavy (non-hydrogen) atoms. The molecule has 0 aromatic heterocycles. The van der Waals surface area contributed by atoms with E-state index in [2.05, 4.69) is 10.8 Å². The van der Waals surface area contributed by atoms with Crippen LogP contribution >= 0.6 is 0 Å². The molecule has 5 nitrogen and oxygen atoms in total. The van der Waals surface area contributed by atoms with Crippen LogP contribution in [-0.2, 0) is 9.63 Å². The summed E-state index contributed by atoms with van der Waals surface area (Å²) in [5.41, 5.74) is 7.90. The maximum absolute atomic E-state index is 11.0. The Morgan fingerprint density at radius 1 is 1.75 bits per heavy atom. The number of carbonyl (C=O) groups is 1. The van der Waals surface area contributed by atoms with Crippen LogP contribution in [0.4, 0.5) is 0 Å². The smallest absolute Gasteiger partial charge is 0.263 e. The quantitative estimate of drug-likeness (QED) is 0.498. The van der Waals surface area contributed by atoms with Crippen molar-refractivity contribution in [1.82, 2.24) is 10.8 Å². The van der Waals surface area contributed by atoms with Gasteiger partial charge in [-0.05, 0) is 13.8 Å². The number of amides is 1. The number of carbonyl (C=O) groups excluding carboxylic acids is 1. The average molecular weight is 173 g/mol. The van der Waals surface area contributed by atoms with Crippen LogP contribution in [0.5, 0.6) is 0 Å². The van der Waals surface area contributed by atoms with Gasteiger partial charge in [-0.1, -0.05) is 0 Å². The highest BCUT2D eigenvalue weighted by atomic mass is 16.7. The highest BCUT2D eigenvalue weighted by Crippen LogP contribution is 1.97. The number of nitrogens with one attached hydrogen (secondary N) is 2. The van der Waals surface area contributed by atoms with Crippen molar-refractivity contribution in [3.8, 4) is 0 Å². The number of hydrogen-bond donors (Lipinski definition) is 3. The Morgan fingerprint density at radius 2 is 2.42 bits per heavy atom. The molecule has 1 aliphatic rings. The van der Waals surface area contributed by atoms with E-state index in [1.807, 2.05) is 13.8 Å². The molecule has 0 radical (unpaired) electrons. The van der Waals surface area contributed by atoms with Gasteiger partial charge in [0.05, 0.1) is 6.61 Å². The summed E-state index contributed by atoms with van der Waals surface area (Å²) < 4.78 is 0. The third kappa shape index (κ3) is 2.17. The van der Waals surface area contributed by atoms with Crippen molar-refractivity contribution in [2.75, 3.05) is 6.61 Å². The van der Waals surface area contributed by atoms with Crippen molar-refractivity contribution < 1.29 is 9.63 Å². The molecule has 0 aromatic rings. The maximum Gasteiger partial charge on any atom is 0.263 e. The molecule has 0 bridgehead atoms. The van der Waals surface area contributed by atoms with Crippen molar-refractivity contribution in [2.45, 2.75) is 32.0 Å². The van der Waals surface area contributed by atoms with E-state index in [0.29, 0.717) is 6.61 Å². The Bertz CT molecular complexity index is 172. The van der Waals surface area contributed by atoms with E-state index in [4.69, 9.17) is 10.6 Å². The zero-order valence-corrected chi connectivity index (χ0v) is 7.33. The van der Waals surface area contributed by atoms with Crippen LogP contribution in [0.15, 0.2) is 0 Å². The van der Waals surface area contributed by atoms with Gasteiger partial charge in [-0.2, -0.15) is 0 Å². The molecule has 3 unspecified atom stereocenters. The van der Waals surface area contributed by atoms with Gasteiger partial charge < -0.3 is 5.73 Å². The molecule has 1 saturated heterocycles. The fourth-order valence-electron chi connectivity index (χ4n) is 0.936. The van der Waals surface area contributed by atoms with Gasteiger partial charge in [0.1, 0.15) is 6.04 Å². The van der Waals surface area contributed by atoms with Gasteiger partial charge in [-0.3, -0.25) is 14.9 Å². The number of hydrogen-bond acceptors (Lipinski definition) is 4. The summed E-state index contributed by atoms with van der Waals surface area (Å²) >= 11 is 0. The Morgan fingerprint density at radius 3 is 2.83 bits per heavy atom. The molecule has 0 aromatic carbocycles. The Hall–Kier alpha value is -0.650. The van der Waals surface area contributed by atoms with E-state index in [9.17, 15) is 4.79 Å². The fourth-order valence-corrected chi connectivity index (χ4v) is 0.936. The summed E-state index contributed by atoms with van der Waals surface area (Å²) in [4.78, 5) is 15.7. The standard InChI is InChI=1S/C7H15N3O2/c1-4(8)5(2)9-6-3-12-10-7(6)11/h4-6,9H,3,8H2,1-2H3,(H,10,11). The normalized spacial score (nSPS) is 28.2. The first-order valence-electron chi connectivity index (χ1n) is 4.04. The van der Waals surface area contributed by atoms with Gasteiger partial charge in [-0.25, -0.2) is 5.48 Å². The predicted molar refractivity (Wildman–Crippen MR) is 44.1 cm³/mol. The topological polar surface area (TPSA) is 76.4 Å². The molecule has 0 aliphatic carbocycles. The van der Waals surface area contributed by atoms with Crippen molar-refractivity contribution in [3.63, 3.8) is 0 Å². The summed E-state index contributed by atoms with van der Waals surface area (Å²) in [6.45, 7) is 4.21. The molecule has 3 atom stereocenters. The Labute approximate surface area is 71.6 Å². The molecule has 1 heterocycles. The van der Waals surface area contributed by atoms with E-state index in [1.165, 1.54) is 0 Å². The summed E-state index contributed by atoms with van der Waals surface area (Å²) in [5, 5.41) is 3.07. The highest BCUT2D eigenvalue weighted by molar-refractivity contribution is 5.82. The van der Waals surface area contributed by atoms with E-state index in [0.717, 1.165) is 0 Å². The number of hydroxylamine groups is 1. The van der Waals surface area contributed by atoms with Crippen molar-refractivity contribution >= 4 is 5.91 Å². The molecule has 1 amide bonds. The second-order valence-electron chi connectivity index (χ2n) is 3.14. The van der Waals surface area contributed by atoms with Gasteiger partial charge in [0.25, 0.3) is 5.91 Å². The van der Waals surface area contributed by atoms with Crippen LogP contribution in [0.2, 0.25) is 0 Å². The monoisotopic (exact) mass is 173 g/mol. The summed E-state index contributed by atoms with van der Waals surface area (Å²) in [7, 11) is 0. The lowest BCUT2D eigenvalue weighted by atomic mass is 10.1. The molecule has 1 fully saturated rings. The number of rotatable bonds is 3. The van der Waals surface area contributed by atoms with Crippen molar-refractivity contribution in [1.29, 1.82) is 0 Å². The highest BCUT2D eigenvalue weighted by Gasteiger charge is 2.27. The first-order chi connectivity index (χ1) is 5.61. The lowest BCUT2D eigenvalue weighted by Gasteiger charge is -2.19. The lowest BCUT2D eigenvalue weighted by Crippen LogP contribution is -2.49. The molecular weight excluding hydrogens is 158 g/mol. The predicted octanol–water partition coefficient (Wildman–Crippen LogP) is -1.26. The van der Waals surface area contributed by atoms with Crippen LogP contribution < -0.4 is 16.5 Å². The molecule has 4 N–H and O–H groups in total. The first kappa shape index (κ1) is 9.44. The SMILES string of the molecule is CC(N)C(C)NC1CONC1=O. The molecule has 5 heteroatoms. The van der Waals surface area contributed by atoms with Gasteiger partial charge in [0.15, 0.2) is 0 Å². The van der Waals surface area contributed by atoms with E-state index >= 15 is 0 Å². The van der Waals surface area contributed by atoms with E-state index in [1.54, 1.807) is 0 Å². The van der Waals surface area contributed by atoms with Crippen LogP contribution in [0.25, 0.3) is 0 Å². The van der Waals surface area contributed by atoms with Crippen LogP contribution in [0, 0.1) is 0 Å². The molecule has 0 spiro atoms. The van der Waals surface area contributed by atoms with Gasteiger partial charge in [-0.15, -0.1) is 0 Å². The zero-order valence-electron chi connectivity index (χ0n) is 7.33. The molecular formula is C7H15N3O2. The fraction of sp³-hybridized carbons (Fsp3) is 0.857. The van der Waals surface area contributed by atoms with Gasteiger partial charge >= 0.3 is 0 Å². The molecule has 1 aliphatic heterocycles. The number of nitrogens with two attached hydrogens (primary N) is 1. The second kappa shape index (κ2) is 3.84. The van der Waals surface area contributed by atoms with Gasteiger partial charge in [0, 0.05) is 12.1 Å². The van der Waals surface area contributed by atoms with E-state index < -0.39 is 0 Å². The first-order valence-corrected chi connectivity index (χ1v) is 4.04. The molecule has 1 rings (SSSR count). The van der Waals surface area contributed by atoms with E-state index in [-0.39, 0.29) is 24.0 Å². The van der Waals surface area contributed by atoms with Crippen molar-refractivity contribution in [3.05, 3.63) is 0 Å². The van der Waals surface area contributed by atoms with Crippen molar-refractivity contribution in [2.24, 2.45) is 5.73 Å². The van der Waals surface area contributed by atoms with Crippen LogP contribution in [0.1, 0.15) is 13.8 Å². The summed E-state index contributed by atoms with van der Waals surface area (Å²) in [5.74, 6) is -0.123. The second-order valence-corrected chi connectivity index (χ2v) is 3.14. The average Bonchev–Trinajstić information content (AvgIpc) is 2.36. The minimum absolute atomic E-state index is 0.0263. The molecule has 70 valence electrons. The summed E-state index contributed by atoms with van der Waals surface area (Å²) in [6.07, 6.45) is 0. The minimum Gasteiger partial charge on any atom is -0.327 e. The lowest BCUT2D eigenvalue weighted by molar-refractivity contribution is -0.125. The van der Waals surface area contributed by atoms with Gasteiger partial charge in [0.2, 0.25) is 0 Å². The van der Waals surface area contributed by atoms with Crippen LogP contribution in [-0.4, -0.2) is 30.6 Å². The Kier molecular flexibility index (Phi) is 3.02. The third-order valence-corrected chi connectivity index (χ3v) is 1.99. The largest absolute Gasteiger partial charge is 0.327 e. The minimum atomic E-state index is -0.258. The summed E-state index contributed by atoms with van der Waals surface area (Å²) in [6, 6.07) is -0.119.